The summed E-state index contributed by atoms with van der Waals surface area (Å²) >= 11 is 1.59. The van der Waals surface area contributed by atoms with Gasteiger partial charge < -0.3 is 15.6 Å². The molecule has 0 amide bonds. The molecule has 0 radical (unpaired) electrons. The largest absolute Gasteiger partial charge is 0.488 e. The predicted molar refractivity (Wildman–Crippen MR) is 71.2 cm³/mol. The van der Waals surface area contributed by atoms with E-state index in [9.17, 15) is 4.79 Å². The van der Waals surface area contributed by atoms with Crippen LogP contribution in [0.25, 0.3) is 0 Å². The lowest BCUT2D eigenvalue weighted by Crippen LogP contribution is -2.03. The number of ether oxygens (including phenoxy) is 1. The Bertz CT molecular complexity index is 564. The molecule has 0 fully saturated rings. The number of benzene rings is 1. The van der Waals surface area contributed by atoms with Gasteiger partial charge in [-0.05, 0) is 41.4 Å². The molecule has 1 heterocycles. The van der Waals surface area contributed by atoms with Crippen LogP contribution in [0, 0.1) is 6.92 Å². The summed E-state index contributed by atoms with van der Waals surface area (Å²) < 4.78 is 5.62. The maximum absolute atomic E-state index is 10.9. The Balaban J connectivity index is 2.23. The molecule has 2 rings (SSSR count). The molecule has 94 valence electrons. The fraction of sp³-hybridized carbons (Fsp3) is 0.154. The van der Waals surface area contributed by atoms with E-state index >= 15 is 0 Å². The van der Waals surface area contributed by atoms with Gasteiger partial charge in [-0.25, -0.2) is 4.79 Å². The molecule has 1 aromatic heterocycles. The van der Waals surface area contributed by atoms with E-state index in [1.807, 2.05) is 23.8 Å². The van der Waals surface area contributed by atoms with Crippen LogP contribution >= 0.6 is 11.3 Å². The molecule has 0 spiro atoms. The Kier molecular flexibility index (Phi) is 3.53. The van der Waals surface area contributed by atoms with Crippen molar-refractivity contribution in [1.82, 2.24) is 0 Å². The van der Waals surface area contributed by atoms with Crippen LogP contribution in [0.3, 0.4) is 0 Å². The van der Waals surface area contributed by atoms with E-state index in [1.165, 1.54) is 12.1 Å². The summed E-state index contributed by atoms with van der Waals surface area (Å²) in [5, 5.41) is 12.9. The van der Waals surface area contributed by atoms with Crippen LogP contribution in [-0.2, 0) is 6.61 Å². The SMILES string of the molecule is Cc1c(N)cc(C(=O)O)cc1OCc1ccsc1. The third kappa shape index (κ3) is 2.62. The van der Waals surface area contributed by atoms with Crippen molar-refractivity contribution in [2.45, 2.75) is 13.5 Å². The number of hydrogen-bond donors (Lipinski definition) is 2. The molecular weight excluding hydrogens is 250 g/mol. The number of nitrogens with two attached hydrogens (primary N) is 1. The van der Waals surface area contributed by atoms with Crippen molar-refractivity contribution in [2.75, 3.05) is 5.73 Å². The molecule has 0 aliphatic heterocycles. The van der Waals surface area contributed by atoms with Gasteiger partial charge in [-0.1, -0.05) is 0 Å². The normalized spacial score (nSPS) is 10.3. The van der Waals surface area contributed by atoms with Gasteiger partial charge in [-0.15, -0.1) is 0 Å². The molecule has 1 aromatic carbocycles. The van der Waals surface area contributed by atoms with Crippen molar-refractivity contribution in [3.63, 3.8) is 0 Å². The van der Waals surface area contributed by atoms with Crippen molar-refractivity contribution in [3.05, 3.63) is 45.6 Å². The fourth-order valence-corrected chi connectivity index (χ4v) is 2.17. The second kappa shape index (κ2) is 5.10. The second-order valence-electron chi connectivity index (χ2n) is 3.91. The third-order valence-electron chi connectivity index (χ3n) is 2.62. The molecule has 3 N–H and O–H groups in total. The molecule has 0 unspecified atom stereocenters. The monoisotopic (exact) mass is 263 g/mol. The van der Waals surface area contributed by atoms with E-state index in [-0.39, 0.29) is 5.56 Å². The first-order valence-electron chi connectivity index (χ1n) is 5.35. The average Bonchev–Trinajstić information content (AvgIpc) is 2.83. The maximum Gasteiger partial charge on any atom is 0.335 e. The highest BCUT2D eigenvalue weighted by Gasteiger charge is 2.11. The molecule has 0 atom stereocenters. The quantitative estimate of drug-likeness (QED) is 0.832. The Morgan fingerprint density at radius 1 is 1.50 bits per heavy atom. The molecule has 2 aromatic rings. The Morgan fingerprint density at radius 3 is 2.89 bits per heavy atom. The van der Waals surface area contributed by atoms with Crippen LogP contribution in [0.2, 0.25) is 0 Å². The molecule has 0 bridgehead atoms. The van der Waals surface area contributed by atoms with Gasteiger partial charge in [0.05, 0.1) is 5.56 Å². The van der Waals surface area contributed by atoms with Crippen molar-refractivity contribution in [1.29, 1.82) is 0 Å². The number of hydrogen-bond acceptors (Lipinski definition) is 4. The van der Waals surface area contributed by atoms with E-state index in [1.54, 1.807) is 11.3 Å². The van der Waals surface area contributed by atoms with Gasteiger partial charge in [-0.3, -0.25) is 0 Å². The number of aromatic carboxylic acids is 1. The third-order valence-corrected chi connectivity index (χ3v) is 3.35. The van der Waals surface area contributed by atoms with Crippen molar-refractivity contribution >= 4 is 23.0 Å². The highest BCUT2D eigenvalue weighted by molar-refractivity contribution is 7.07. The summed E-state index contributed by atoms with van der Waals surface area (Å²) in [6.07, 6.45) is 0. The predicted octanol–water partition coefficient (Wildman–Crippen LogP) is 2.92. The van der Waals surface area contributed by atoms with Gasteiger partial charge >= 0.3 is 5.97 Å². The first kappa shape index (κ1) is 12.4. The Hall–Kier alpha value is -2.01. The Labute approximate surface area is 109 Å². The van der Waals surface area contributed by atoms with E-state index in [0.29, 0.717) is 18.0 Å². The van der Waals surface area contributed by atoms with Gasteiger partial charge in [0.15, 0.2) is 0 Å². The van der Waals surface area contributed by atoms with E-state index in [4.69, 9.17) is 15.6 Å². The van der Waals surface area contributed by atoms with E-state index in [2.05, 4.69) is 0 Å². The average molecular weight is 263 g/mol. The zero-order valence-corrected chi connectivity index (χ0v) is 10.7. The van der Waals surface area contributed by atoms with E-state index < -0.39 is 5.97 Å². The van der Waals surface area contributed by atoms with Crippen LogP contribution in [0.4, 0.5) is 5.69 Å². The van der Waals surface area contributed by atoms with Crippen molar-refractivity contribution < 1.29 is 14.6 Å². The lowest BCUT2D eigenvalue weighted by Gasteiger charge is -2.11. The molecule has 0 saturated heterocycles. The molecule has 0 aliphatic carbocycles. The number of carboxylic acids is 1. The van der Waals surface area contributed by atoms with Gasteiger partial charge in [0.25, 0.3) is 0 Å². The maximum atomic E-state index is 10.9. The second-order valence-corrected chi connectivity index (χ2v) is 4.69. The number of thiophene rings is 1. The summed E-state index contributed by atoms with van der Waals surface area (Å²) in [6, 6.07) is 4.90. The highest BCUT2D eigenvalue weighted by atomic mass is 32.1. The van der Waals surface area contributed by atoms with Crippen LogP contribution in [0.1, 0.15) is 21.5 Å². The minimum Gasteiger partial charge on any atom is -0.488 e. The van der Waals surface area contributed by atoms with Gasteiger partial charge in [0.1, 0.15) is 12.4 Å². The Morgan fingerprint density at radius 2 is 2.28 bits per heavy atom. The summed E-state index contributed by atoms with van der Waals surface area (Å²) in [6.45, 7) is 2.22. The van der Waals surface area contributed by atoms with Crippen molar-refractivity contribution in [3.8, 4) is 5.75 Å². The van der Waals surface area contributed by atoms with Gasteiger partial charge in [-0.2, -0.15) is 11.3 Å². The number of anilines is 1. The minimum absolute atomic E-state index is 0.137. The number of carboxylic acid groups (broad SMARTS) is 1. The van der Waals surface area contributed by atoms with E-state index in [0.717, 1.165) is 11.1 Å². The molecular formula is C13H13NO3S. The lowest BCUT2D eigenvalue weighted by atomic mass is 10.1. The summed E-state index contributed by atoms with van der Waals surface area (Å²) in [7, 11) is 0. The number of carbonyl (C=O) groups is 1. The lowest BCUT2D eigenvalue weighted by molar-refractivity contribution is 0.0696. The highest BCUT2D eigenvalue weighted by Crippen LogP contribution is 2.27. The molecule has 4 nitrogen and oxygen atoms in total. The molecule has 0 saturated carbocycles. The zero-order valence-electron chi connectivity index (χ0n) is 9.84. The molecule has 18 heavy (non-hydrogen) atoms. The number of nitrogen functional groups attached to an aromatic ring is 1. The molecule has 0 aliphatic rings. The van der Waals surface area contributed by atoms with Crippen LogP contribution in [0.5, 0.6) is 5.75 Å². The topological polar surface area (TPSA) is 72.6 Å². The van der Waals surface area contributed by atoms with Crippen molar-refractivity contribution in [2.24, 2.45) is 0 Å². The zero-order chi connectivity index (χ0) is 13.1. The minimum atomic E-state index is -1.01. The van der Waals surface area contributed by atoms with Crippen LogP contribution in [-0.4, -0.2) is 11.1 Å². The first-order valence-corrected chi connectivity index (χ1v) is 6.29. The number of rotatable bonds is 4. The standard InChI is InChI=1S/C13H13NO3S/c1-8-11(14)4-10(13(15)16)5-12(8)17-6-9-2-3-18-7-9/h2-5,7H,6,14H2,1H3,(H,15,16). The van der Waals surface area contributed by atoms with Crippen LogP contribution < -0.4 is 10.5 Å². The summed E-state index contributed by atoms with van der Waals surface area (Å²) in [5.41, 5.74) is 8.14. The summed E-state index contributed by atoms with van der Waals surface area (Å²) in [4.78, 5) is 10.9. The van der Waals surface area contributed by atoms with Gasteiger partial charge in [0, 0.05) is 11.3 Å². The van der Waals surface area contributed by atoms with Crippen LogP contribution in [0.15, 0.2) is 29.0 Å². The van der Waals surface area contributed by atoms with Gasteiger partial charge in [0.2, 0.25) is 0 Å². The first-order chi connectivity index (χ1) is 8.58. The smallest absolute Gasteiger partial charge is 0.335 e. The molecule has 5 heteroatoms. The summed E-state index contributed by atoms with van der Waals surface area (Å²) in [5.74, 6) is -0.499. The fourth-order valence-electron chi connectivity index (χ4n) is 1.52.